The van der Waals surface area contributed by atoms with Crippen molar-refractivity contribution in [3.8, 4) is 10.7 Å². The highest BCUT2D eigenvalue weighted by Gasteiger charge is 2.15. The molecule has 0 aliphatic heterocycles. The fourth-order valence-electron chi connectivity index (χ4n) is 1.78. The number of rotatable bonds is 3. The molecule has 0 saturated heterocycles. The van der Waals surface area contributed by atoms with Crippen molar-refractivity contribution in [2.24, 2.45) is 5.92 Å². The highest BCUT2D eigenvalue weighted by atomic mass is 32.1. The molecular formula is C11H14N6S. The van der Waals surface area contributed by atoms with E-state index in [9.17, 15) is 0 Å². The predicted octanol–water partition coefficient (Wildman–Crippen LogP) is 2.08. The molecule has 0 aromatic carbocycles. The summed E-state index contributed by atoms with van der Waals surface area (Å²) >= 11 is 1.51. The first kappa shape index (κ1) is 11.3. The Balaban J connectivity index is 2.03. The average molecular weight is 262 g/mol. The van der Waals surface area contributed by atoms with Gasteiger partial charge in [-0.1, -0.05) is 25.2 Å². The first-order valence-electron chi connectivity index (χ1n) is 5.87. The van der Waals surface area contributed by atoms with Gasteiger partial charge in [-0.3, -0.25) is 5.10 Å². The van der Waals surface area contributed by atoms with Gasteiger partial charge in [0.25, 0.3) is 0 Å². The molecule has 0 fully saturated rings. The first-order chi connectivity index (χ1) is 8.63. The summed E-state index contributed by atoms with van der Waals surface area (Å²) in [7, 11) is 0. The first-order valence-corrected chi connectivity index (χ1v) is 6.68. The maximum absolute atomic E-state index is 4.54. The van der Waals surface area contributed by atoms with Crippen molar-refractivity contribution in [3.63, 3.8) is 0 Å². The standard InChI is InChI=1S/C11H14N6S/c1-6(2)4-9-14-15-11-17(9)16-10(18-11)8-5-7(3)12-13-8/h5-6H,4H2,1-3H3,(H,12,13). The molecule has 6 nitrogen and oxygen atoms in total. The average Bonchev–Trinajstić information content (AvgIpc) is 2.94. The SMILES string of the molecule is Cc1cc(-c2nn3c(CC(C)C)nnc3s2)n[nH]1. The van der Waals surface area contributed by atoms with Crippen molar-refractivity contribution in [1.29, 1.82) is 0 Å². The lowest BCUT2D eigenvalue weighted by molar-refractivity contribution is 0.607. The van der Waals surface area contributed by atoms with E-state index < -0.39 is 0 Å². The fourth-order valence-corrected chi connectivity index (χ4v) is 2.60. The Hall–Kier alpha value is -1.76. The zero-order valence-electron chi connectivity index (χ0n) is 10.5. The number of aryl methyl sites for hydroxylation is 1. The highest BCUT2D eigenvalue weighted by molar-refractivity contribution is 7.19. The Bertz CT molecular complexity index is 677. The van der Waals surface area contributed by atoms with E-state index in [0.717, 1.165) is 33.6 Å². The summed E-state index contributed by atoms with van der Waals surface area (Å²) in [5, 5.41) is 20.9. The number of hydrogen-bond acceptors (Lipinski definition) is 5. The Labute approximate surface area is 108 Å². The minimum absolute atomic E-state index is 0.537. The van der Waals surface area contributed by atoms with Crippen molar-refractivity contribution in [2.45, 2.75) is 27.2 Å². The molecule has 0 atom stereocenters. The normalized spacial score (nSPS) is 11.8. The number of aromatic amines is 1. The van der Waals surface area contributed by atoms with E-state index in [0.29, 0.717) is 5.92 Å². The number of aromatic nitrogens is 6. The molecule has 0 aliphatic carbocycles. The van der Waals surface area contributed by atoms with E-state index in [4.69, 9.17) is 0 Å². The lowest BCUT2D eigenvalue weighted by Gasteiger charge is -1.99. The van der Waals surface area contributed by atoms with Gasteiger partial charge in [0.15, 0.2) is 10.8 Å². The molecule has 0 radical (unpaired) electrons. The summed E-state index contributed by atoms with van der Waals surface area (Å²) in [6.45, 7) is 6.29. The molecule has 0 amide bonds. The third kappa shape index (κ3) is 1.90. The van der Waals surface area contributed by atoms with Gasteiger partial charge in [0.05, 0.1) is 0 Å². The van der Waals surface area contributed by atoms with Crippen LogP contribution in [0.5, 0.6) is 0 Å². The summed E-state index contributed by atoms with van der Waals surface area (Å²) in [6, 6.07) is 1.98. The van der Waals surface area contributed by atoms with Gasteiger partial charge in [-0.2, -0.15) is 14.7 Å². The molecule has 0 aliphatic rings. The molecule has 0 bridgehead atoms. The molecule has 94 valence electrons. The number of fused-ring (bicyclic) bond motifs is 1. The molecule has 7 heteroatoms. The topological polar surface area (TPSA) is 71.8 Å². The van der Waals surface area contributed by atoms with Gasteiger partial charge in [-0.25, -0.2) is 0 Å². The monoisotopic (exact) mass is 262 g/mol. The highest BCUT2D eigenvalue weighted by Crippen LogP contribution is 2.24. The van der Waals surface area contributed by atoms with E-state index in [2.05, 4.69) is 39.3 Å². The summed E-state index contributed by atoms with van der Waals surface area (Å²) in [6.07, 6.45) is 0.879. The van der Waals surface area contributed by atoms with Crippen LogP contribution in [-0.2, 0) is 6.42 Å². The van der Waals surface area contributed by atoms with E-state index >= 15 is 0 Å². The molecule has 3 heterocycles. The Kier molecular flexibility index (Phi) is 2.62. The van der Waals surface area contributed by atoms with E-state index in [-0.39, 0.29) is 0 Å². The third-order valence-corrected chi connectivity index (χ3v) is 3.49. The Morgan fingerprint density at radius 3 is 2.89 bits per heavy atom. The van der Waals surface area contributed by atoms with Crippen LogP contribution in [0.4, 0.5) is 0 Å². The van der Waals surface area contributed by atoms with E-state index in [1.54, 1.807) is 0 Å². The van der Waals surface area contributed by atoms with Crippen molar-refractivity contribution in [1.82, 2.24) is 30.0 Å². The van der Waals surface area contributed by atoms with Crippen LogP contribution in [0.2, 0.25) is 0 Å². The van der Waals surface area contributed by atoms with E-state index in [1.807, 2.05) is 17.5 Å². The predicted molar refractivity (Wildman–Crippen MR) is 69.5 cm³/mol. The maximum Gasteiger partial charge on any atom is 0.235 e. The molecule has 18 heavy (non-hydrogen) atoms. The van der Waals surface area contributed by atoms with Crippen LogP contribution in [0.15, 0.2) is 6.07 Å². The van der Waals surface area contributed by atoms with Crippen molar-refractivity contribution < 1.29 is 0 Å². The van der Waals surface area contributed by atoms with Crippen LogP contribution in [0.3, 0.4) is 0 Å². The number of H-pyrrole nitrogens is 1. The zero-order chi connectivity index (χ0) is 12.7. The summed E-state index contributed by atoms with van der Waals surface area (Å²) in [5.41, 5.74) is 1.89. The van der Waals surface area contributed by atoms with Gasteiger partial charge in [0.2, 0.25) is 4.96 Å². The van der Waals surface area contributed by atoms with Crippen LogP contribution in [-0.4, -0.2) is 30.0 Å². The van der Waals surface area contributed by atoms with Crippen LogP contribution in [0.1, 0.15) is 25.4 Å². The summed E-state index contributed by atoms with van der Waals surface area (Å²) < 4.78 is 1.82. The second kappa shape index (κ2) is 4.16. The number of nitrogens with one attached hydrogen (secondary N) is 1. The summed E-state index contributed by atoms with van der Waals surface area (Å²) in [4.78, 5) is 0.821. The lowest BCUT2D eigenvalue weighted by atomic mass is 10.1. The minimum atomic E-state index is 0.537. The minimum Gasteiger partial charge on any atom is -0.282 e. The van der Waals surface area contributed by atoms with Crippen molar-refractivity contribution in [2.75, 3.05) is 0 Å². The quantitative estimate of drug-likeness (QED) is 0.784. The lowest BCUT2D eigenvalue weighted by Crippen LogP contribution is -2.01. The third-order valence-electron chi connectivity index (χ3n) is 2.57. The van der Waals surface area contributed by atoms with E-state index in [1.165, 1.54) is 11.3 Å². The molecule has 0 unspecified atom stereocenters. The van der Waals surface area contributed by atoms with Crippen molar-refractivity contribution >= 4 is 16.3 Å². The van der Waals surface area contributed by atoms with Crippen LogP contribution >= 0.6 is 11.3 Å². The van der Waals surface area contributed by atoms with Crippen LogP contribution < -0.4 is 0 Å². The number of nitrogens with zero attached hydrogens (tertiary/aromatic N) is 5. The molecule has 3 rings (SSSR count). The van der Waals surface area contributed by atoms with Crippen molar-refractivity contribution in [3.05, 3.63) is 17.6 Å². The van der Waals surface area contributed by atoms with Crippen LogP contribution in [0, 0.1) is 12.8 Å². The fraction of sp³-hybridized carbons (Fsp3) is 0.455. The molecule has 0 saturated carbocycles. The Morgan fingerprint density at radius 1 is 1.39 bits per heavy atom. The molecule has 3 aromatic heterocycles. The van der Waals surface area contributed by atoms with Gasteiger partial charge in [0.1, 0.15) is 5.69 Å². The molecular weight excluding hydrogens is 248 g/mol. The van der Waals surface area contributed by atoms with Gasteiger partial charge in [-0.05, 0) is 18.9 Å². The summed E-state index contributed by atoms with van der Waals surface area (Å²) in [5.74, 6) is 1.45. The molecule has 3 aromatic rings. The Morgan fingerprint density at radius 2 is 2.22 bits per heavy atom. The largest absolute Gasteiger partial charge is 0.282 e. The van der Waals surface area contributed by atoms with Gasteiger partial charge in [0, 0.05) is 12.1 Å². The number of hydrogen-bond donors (Lipinski definition) is 1. The van der Waals surface area contributed by atoms with Gasteiger partial charge >= 0.3 is 0 Å². The molecule has 0 spiro atoms. The second-order valence-corrected chi connectivity index (χ2v) is 5.71. The smallest absolute Gasteiger partial charge is 0.235 e. The molecule has 1 N–H and O–H groups in total. The van der Waals surface area contributed by atoms with Gasteiger partial charge in [-0.15, -0.1) is 10.2 Å². The van der Waals surface area contributed by atoms with Gasteiger partial charge < -0.3 is 0 Å². The van der Waals surface area contributed by atoms with Crippen LogP contribution in [0.25, 0.3) is 15.7 Å². The zero-order valence-corrected chi connectivity index (χ0v) is 11.3. The second-order valence-electron chi connectivity index (χ2n) is 4.75. The maximum atomic E-state index is 4.54.